The van der Waals surface area contributed by atoms with Gasteiger partial charge in [0.2, 0.25) is 11.8 Å². The second kappa shape index (κ2) is 11.7. The van der Waals surface area contributed by atoms with Crippen LogP contribution < -0.4 is 10.1 Å². The van der Waals surface area contributed by atoms with Crippen LogP contribution in [0.4, 0.5) is 0 Å². The van der Waals surface area contributed by atoms with Gasteiger partial charge in [0.05, 0.1) is 12.1 Å². The molecule has 192 valence electrons. The quantitative estimate of drug-likeness (QED) is 0.290. The topological polar surface area (TPSA) is 85.4 Å². The Balaban J connectivity index is 1.09. The van der Waals surface area contributed by atoms with Crippen molar-refractivity contribution in [3.05, 3.63) is 71.4 Å². The van der Waals surface area contributed by atoms with E-state index in [2.05, 4.69) is 16.4 Å². The summed E-state index contributed by atoms with van der Waals surface area (Å²) in [5, 5.41) is 3.47. The molecular weight excluding hydrogens is 464 g/mol. The second-order valence-electron chi connectivity index (χ2n) is 10.3. The number of piperidine rings is 1. The van der Waals surface area contributed by atoms with Crippen LogP contribution in [-0.4, -0.2) is 29.2 Å². The highest BCUT2D eigenvalue weighted by molar-refractivity contribution is 6.01. The molecule has 2 heterocycles. The van der Waals surface area contributed by atoms with Gasteiger partial charge in [-0.15, -0.1) is 0 Å². The maximum atomic E-state index is 13.2. The Labute approximate surface area is 217 Å². The van der Waals surface area contributed by atoms with Gasteiger partial charge in [-0.05, 0) is 87.1 Å². The molecule has 2 atom stereocenters. The van der Waals surface area contributed by atoms with Gasteiger partial charge < -0.3 is 4.74 Å². The molecule has 0 spiro atoms. The van der Waals surface area contributed by atoms with Crippen molar-refractivity contribution in [1.29, 1.82) is 0 Å². The Bertz CT molecular complexity index is 1300. The first-order valence-electron chi connectivity index (χ1n) is 13.6. The molecule has 5 rings (SSSR count). The number of para-hydroxylation sites is 1. The van der Waals surface area contributed by atoms with E-state index >= 15 is 0 Å². The molecule has 0 bridgehead atoms. The van der Waals surface area contributed by atoms with Crippen LogP contribution in [0.2, 0.25) is 0 Å². The van der Waals surface area contributed by atoms with E-state index in [1.807, 2.05) is 42.5 Å². The molecule has 2 amide bonds. The van der Waals surface area contributed by atoms with E-state index in [-0.39, 0.29) is 29.4 Å². The largest absolute Gasteiger partial charge is 0.493 e. The summed E-state index contributed by atoms with van der Waals surface area (Å²) in [6.45, 7) is 0.675. The lowest BCUT2D eigenvalue weighted by Crippen LogP contribution is -2.41. The van der Waals surface area contributed by atoms with Crippen molar-refractivity contribution >= 4 is 28.5 Å². The Morgan fingerprint density at radius 2 is 1.70 bits per heavy atom. The number of nitrogens with one attached hydrogen (secondary N) is 1. The van der Waals surface area contributed by atoms with Gasteiger partial charge in [-0.1, -0.05) is 30.3 Å². The normalized spacial score (nSPS) is 19.5. The first-order chi connectivity index (χ1) is 18.1. The number of hydrogen-bond acceptors (Lipinski definition) is 5. The number of Topliss-reactive ketones (excluding diaryl/α,β-unsaturated/α-hetero) is 1. The monoisotopic (exact) mass is 498 g/mol. The number of rotatable bonds is 10. The molecule has 3 aromatic rings. The molecule has 2 unspecified atom stereocenters. The Kier molecular flexibility index (Phi) is 7.93. The number of aromatic nitrogens is 1. The molecule has 0 radical (unpaired) electrons. The molecule has 0 saturated carbocycles. The van der Waals surface area contributed by atoms with Crippen LogP contribution in [0.1, 0.15) is 72.9 Å². The van der Waals surface area contributed by atoms with E-state index in [4.69, 9.17) is 4.74 Å². The summed E-state index contributed by atoms with van der Waals surface area (Å²) >= 11 is 0. The van der Waals surface area contributed by atoms with Gasteiger partial charge in [-0.25, -0.2) is 0 Å². The minimum atomic E-state index is -0.189. The molecule has 1 aromatic heterocycles. The van der Waals surface area contributed by atoms with E-state index < -0.39 is 0 Å². The number of benzene rings is 2. The third-order valence-electron chi connectivity index (χ3n) is 7.83. The number of pyridine rings is 1. The van der Waals surface area contributed by atoms with Crippen LogP contribution in [0, 0.1) is 11.8 Å². The van der Waals surface area contributed by atoms with Crippen LogP contribution in [0.5, 0.6) is 5.75 Å². The highest BCUT2D eigenvalue weighted by atomic mass is 16.5. The maximum absolute atomic E-state index is 13.2. The van der Waals surface area contributed by atoms with Crippen molar-refractivity contribution in [2.24, 2.45) is 11.8 Å². The number of aryl methyl sites for hydroxylation is 1. The van der Waals surface area contributed by atoms with Crippen LogP contribution in [0.15, 0.2) is 54.7 Å². The lowest BCUT2D eigenvalue weighted by atomic mass is 9.77. The van der Waals surface area contributed by atoms with E-state index in [1.165, 1.54) is 11.1 Å². The van der Waals surface area contributed by atoms with Gasteiger partial charge in [0, 0.05) is 35.4 Å². The molecule has 6 nitrogen and oxygen atoms in total. The number of ether oxygens (including phenoxy) is 1. The number of hydrogen-bond donors (Lipinski definition) is 1. The number of carbonyl (C=O) groups is 3. The molecule has 6 heteroatoms. The fourth-order valence-electron chi connectivity index (χ4n) is 5.73. The number of fused-ring (bicyclic) bond motifs is 2. The zero-order valence-electron chi connectivity index (χ0n) is 21.2. The molecule has 1 aliphatic carbocycles. The van der Waals surface area contributed by atoms with E-state index in [0.29, 0.717) is 32.3 Å². The second-order valence-corrected chi connectivity index (χ2v) is 10.3. The van der Waals surface area contributed by atoms with E-state index in [0.717, 1.165) is 60.7 Å². The average Bonchev–Trinajstić information content (AvgIpc) is 2.91. The summed E-state index contributed by atoms with van der Waals surface area (Å²) in [7, 11) is 0. The SMILES string of the molecule is O=C1CCC(CCC2CCc3c(CCCCCOc4ccnc5ccccc45)cccc3C2=O)C(=O)N1. The molecular formula is C31H34N2O4. The number of imide groups is 1. The number of nitrogens with zero attached hydrogens (tertiary/aromatic N) is 1. The summed E-state index contributed by atoms with van der Waals surface area (Å²) in [4.78, 5) is 41.1. The average molecular weight is 499 g/mol. The smallest absolute Gasteiger partial charge is 0.229 e. The summed E-state index contributed by atoms with van der Waals surface area (Å²) in [6, 6.07) is 16.1. The number of amides is 2. The van der Waals surface area contributed by atoms with Crippen molar-refractivity contribution in [1.82, 2.24) is 10.3 Å². The van der Waals surface area contributed by atoms with Crippen molar-refractivity contribution in [2.45, 2.75) is 64.2 Å². The van der Waals surface area contributed by atoms with Crippen molar-refractivity contribution in [2.75, 3.05) is 6.61 Å². The fourth-order valence-corrected chi connectivity index (χ4v) is 5.73. The third kappa shape index (κ3) is 5.90. The predicted octanol–water partition coefficient (Wildman–Crippen LogP) is 5.60. The third-order valence-corrected chi connectivity index (χ3v) is 7.83. The maximum Gasteiger partial charge on any atom is 0.229 e. The number of carbonyl (C=O) groups excluding carboxylic acids is 3. The molecule has 37 heavy (non-hydrogen) atoms. The minimum absolute atomic E-state index is 0.0328. The molecule has 2 aliphatic rings. The lowest BCUT2D eigenvalue weighted by Gasteiger charge is -2.27. The van der Waals surface area contributed by atoms with E-state index in [1.54, 1.807) is 6.20 Å². The standard InChI is InChI=1S/C31H34N2O4/c34-29-17-15-23(31(36)33-29)13-12-22-14-16-24-21(8-6-10-25(24)30(22)35)7-2-1-5-20-37-28-18-19-32-27-11-4-3-9-26(27)28/h3-4,6,8-11,18-19,22-23H,1-2,5,7,12-17,20H2,(H,33,34,36). The van der Waals surface area contributed by atoms with Gasteiger partial charge in [0.1, 0.15) is 5.75 Å². The molecule has 1 aliphatic heterocycles. The molecule has 1 fully saturated rings. The molecule has 1 N–H and O–H groups in total. The van der Waals surface area contributed by atoms with Gasteiger partial charge in [0.25, 0.3) is 0 Å². The number of unbranched alkanes of at least 4 members (excludes halogenated alkanes) is 2. The lowest BCUT2D eigenvalue weighted by molar-refractivity contribution is -0.136. The molecule has 1 saturated heterocycles. The fraction of sp³-hybridized carbons (Fsp3) is 0.419. The van der Waals surface area contributed by atoms with Crippen LogP contribution in [0.25, 0.3) is 10.9 Å². The summed E-state index contributed by atoms with van der Waals surface area (Å²) in [5.74, 6) is 0.545. The zero-order chi connectivity index (χ0) is 25.6. The Hall–Kier alpha value is -3.54. The van der Waals surface area contributed by atoms with Gasteiger partial charge >= 0.3 is 0 Å². The van der Waals surface area contributed by atoms with E-state index in [9.17, 15) is 14.4 Å². The van der Waals surface area contributed by atoms with Gasteiger partial charge in [0.15, 0.2) is 5.78 Å². The van der Waals surface area contributed by atoms with Crippen LogP contribution >= 0.6 is 0 Å². The van der Waals surface area contributed by atoms with Crippen molar-refractivity contribution in [3.8, 4) is 5.75 Å². The minimum Gasteiger partial charge on any atom is -0.493 e. The summed E-state index contributed by atoms with van der Waals surface area (Å²) in [6.07, 6.45) is 9.98. The predicted molar refractivity (Wildman–Crippen MR) is 142 cm³/mol. The summed E-state index contributed by atoms with van der Waals surface area (Å²) in [5.41, 5.74) is 4.31. The van der Waals surface area contributed by atoms with Crippen molar-refractivity contribution < 1.29 is 19.1 Å². The Morgan fingerprint density at radius 1 is 0.865 bits per heavy atom. The highest BCUT2D eigenvalue weighted by Crippen LogP contribution is 2.33. The zero-order valence-corrected chi connectivity index (χ0v) is 21.2. The van der Waals surface area contributed by atoms with Gasteiger partial charge in [-0.2, -0.15) is 0 Å². The van der Waals surface area contributed by atoms with Crippen LogP contribution in [-0.2, 0) is 22.4 Å². The van der Waals surface area contributed by atoms with Crippen molar-refractivity contribution in [3.63, 3.8) is 0 Å². The Morgan fingerprint density at radius 3 is 2.59 bits per heavy atom. The van der Waals surface area contributed by atoms with Gasteiger partial charge in [-0.3, -0.25) is 24.7 Å². The highest BCUT2D eigenvalue weighted by Gasteiger charge is 2.31. The number of ketones is 1. The summed E-state index contributed by atoms with van der Waals surface area (Å²) < 4.78 is 6.04. The first-order valence-corrected chi connectivity index (χ1v) is 13.6. The molecule has 2 aromatic carbocycles. The first kappa shape index (κ1) is 25.1. The van der Waals surface area contributed by atoms with Crippen LogP contribution in [0.3, 0.4) is 0 Å².